The van der Waals surface area contributed by atoms with Gasteiger partial charge in [-0.05, 0) is 25.8 Å². The van der Waals surface area contributed by atoms with E-state index in [-0.39, 0.29) is 16.6 Å². The van der Waals surface area contributed by atoms with E-state index in [0.717, 1.165) is 29.0 Å². The van der Waals surface area contributed by atoms with Gasteiger partial charge in [0.25, 0.3) is 5.91 Å². The number of hydrogen-bond donors (Lipinski definition) is 1. The highest BCUT2D eigenvalue weighted by molar-refractivity contribution is 7.16. The normalized spacial score (nSPS) is 10.8. The number of hydrogen-bond acceptors (Lipinski definition) is 5. The molecule has 7 heteroatoms. The van der Waals surface area contributed by atoms with Gasteiger partial charge >= 0.3 is 0 Å². The Morgan fingerprint density at radius 2 is 1.92 bits per heavy atom. The Bertz CT molecular complexity index is 937. The predicted molar refractivity (Wildman–Crippen MR) is 106 cm³/mol. The van der Waals surface area contributed by atoms with Gasteiger partial charge in [0.2, 0.25) is 0 Å². The number of benzene rings is 1. The lowest BCUT2D eigenvalue weighted by atomic mass is 10.1. The van der Waals surface area contributed by atoms with E-state index in [4.69, 9.17) is 11.6 Å². The molecular formula is C19H19ClN4OS. The Balaban J connectivity index is 1.81. The average molecular weight is 387 g/mol. The zero-order valence-electron chi connectivity index (χ0n) is 14.8. The topological polar surface area (TPSA) is 67.8 Å². The maximum Gasteiger partial charge on any atom is 0.277 e. The molecule has 0 aliphatic rings. The van der Waals surface area contributed by atoms with Gasteiger partial charge in [0, 0.05) is 10.4 Å². The molecule has 1 amide bonds. The molecular weight excluding hydrogens is 368 g/mol. The van der Waals surface area contributed by atoms with Crippen molar-refractivity contribution in [2.45, 2.75) is 33.6 Å². The molecule has 3 aromatic rings. The van der Waals surface area contributed by atoms with Gasteiger partial charge in [-0.25, -0.2) is 15.0 Å². The van der Waals surface area contributed by atoms with E-state index in [1.54, 1.807) is 6.92 Å². The molecule has 0 aliphatic heterocycles. The summed E-state index contributed by atoms with van der Waals surface area (Å²) in [7, 11) is 0. The van der Waals surface area contributed by atoms with Crippen LogP contribution in [0.4, 0.5) is 5.13 Å². The van der Waals surface area contributed by atoms with Gasteiger partial charge in [0.1, 0.15) is 5.82 Å². The Labute approximate surface area is 161 Å². The van der Waals surface area contributed by atoms with Gasteiger partial charge in [-0.1, -0.05) is 49.2 Å². The SMILES string of the molecule is CCCc1ccc(-c2nc(NC(=O)c3nc(C)ncc3Cl)sc2C)cc1. The number of nitrogens with one attached hydrogen (secondary N) is 1. The van der Waals surface area contributed by atoms with E-state index in [1.807, 2.05) is 6.92 Å². The van der Waals surface area contributed by atoms with Gasteiger partial charge in [-0.2, -0.15) is 0 Å². The number of amides is 1. The highest BCUT2D eigenvalue weighted by Crippen LogP contribution is 2.31. The van der Waals surface area contributed by atoms with Gasteiger partial charge in [0.15, 0.2) is 10.8 Å². The minimum atomic E-state index is -0.390. The number of nitrogens with zero attached hydrogens (tertiary/aromatic N) is 3. The summed E-state index contributed by atoms with van der Waals surface area (Å²) in [5.74, 6) is 0.0989. The largest absolute Gasteiger partial charge is 0.296 e. The molecule has 1 N–H and O–H groups in total. The third kappa shape index (κ3) is 4.08. The number of carbonyl (C=O) groups excluding carboxylic acids is 1. The first-order valence-corrected chi connectivity index (χ1v) is 9.54. The van der Waals surface area contributed by atoms with Crippen LogP contribution in [0.25, 0.3) is 11.3 Å². The van der Waals surface area contributed by atoms with Crippen LogP contribution < -0.4 is 5.32 Å². The Hall–Kier alpha value is -2.31. The summed E-state index contributed by atoms with van der Waals surface area (Å²) in [5, 5.41) is 3.52. The fraction of sp³-hybridized carbons (Fsp3) is 0.263. The minimum absolute atomic E-state index is 0.150. The molecule has 3 rings (SSSR count). The molecule has 0 radical (unpaired) electrons. The maximum atomic E-state index is 12.4. The molecule has 0 bridgehead atoms. The Morgan fingerprint density at radius 3 is 2.62 bits per heavy atom. The van der Waals surface area contributed by atoms with Gasteiger partial charge in [-0.15, -0.1) is 11.3 Å². The average Bonchev–Trinajstić information content (AvgIpc) is 2.98. The summed E-state index contributed by atoms with van der Waals surface area (Å²) < 4.78 is 0. The van der Waals surface area contributed by atoms with Crippen molar-refractivity contribution in [3.05, 3.63) is 57.4 Å². The van der Waals surface area contributed by atoms with Crippen LogP contribution in [0.15, 0.2) is 30.5 Å². The van der Waals surface area contributed by atoms with E-state index >= 15 is 0 Å². The molecule has 0 spiro atoms. The number of aryl methyl sites for hydroxylation is 3. The minimum Gasteiger partial charge on any atom is -0.296 e. The van der Waals surface area contributed by atoms with Gasteiger partial charge in [-0.3, -0.25) is 10.1 Å². The maximum absolute atomic E-state index is 12.4. The predicted octanol–water partition coefficient (Wildman–Crippen LogP) is 5.08. The van der Waals surface area contributed by atoms with Crippen LogP contribution in [-0.4, -0.2) is 20.9 Å². The summed E-state index contributed by atoms with van der Waals surface area (Å²) in [6.45, 7) is 5.87. The van der Waals surface area contributed by atoms with Crippen LogP contribution in [0, 0.1) is 13.8 Å². The quantitative estimate of drug-likeness (QED) is 0.664. The van der Waals surface area contributed by atoms with Crippen LogP contribution in [0.2, 0.25) is 5.02 Å². The zero-order chi connectivity index (χ0) is 18.7. The summed E-state index contributed by atoms with van der Waals surface area (Å²) >= 11 is 7.45. The van der Waals surface area contributed by atoms with Crippen molar-refractivity contribution in [1.82, 2.24) is 15.0 Å². The van der Waals surface area contributed by atoms with Crippen LogP contribution in [0.1, 0.15) is 40.1 Å². The smallest absolute Gasteiger partial charge is 0.277 e. The van der Waals surface area contributed by atoms with Crippen molar-refractivity contribution in [2.75, 3.05) is 5.32 Å². The highest BCUT2D eigenvalue weighted by atomic mass is 35.5. The van der Waals surface area contributed by atoms with Crippen LogP contribution in [-0.2, 0) is 6.42 Å². The third-order valence-electron chi connectivity index (χ3n) is 3.86. The fourth-order valence-corrected chi connectivity index (χ4v) is 3.61. The summed E-state index contributed by atoms with van der Waals surface area (Å²) in [6, 6.07) is 8.39. The number of thiazole rings is 1. The second kappa shape index (κ2) is 7.93. The van der Waals surface area contributed by atoms with Crippen LogP contribution >= 0.6 is 22.9 Å². The van der Waals surface area contributed by atoms with Crippen molar-refractivity contribution in [1.29, 1.82) is 0 Å². The first-order valence-electron chi connectivity index (χ1n) is 8.35. The van der Waals surface area contributed by atoms with E-state index in [0.29, 0.717) is 11.0 Å². The monoisotopic (exact) mass is 386 g/mol. The van der Waals surface area contributed by atoms with Crippen molar-refractivity contribution in [3.63, 3.8) is 0 Å². The van der Waals surface area contributed by atoms with E-state index in [2.05, 4.69) is 51.5 Å². The number of halogens is 1. The molecule has 0 aliphatic carbocycles. The second-order valence-electron chi connectivity index (χ2n) is 5.94. The zero-order valence-corrected chi connectivity index (χ0v) is 16.4. The molecule has 0 saturated heterocycles. The molecule has 2 heterocycles. The molecule has 134 valence electrons. The molecule has 0 atom stereocenters. The van der Waals surface area contributed by atoms with Crippen molar-refractivity contribution in [2.24, 2.45) is 0 Å². The Kier molecular flexibility index (Phi) is 5.64. The summed E-state index contributed by atoms with van der Waals surface area (Å²) in [6.07, 6.45) is 3.61. The highest BCUT2D eigenvalue weighted by Gasteiger charge is 2.17. The molecule has 0 fully saturated rings. The molecule has 1 aromatic carbocycles. The van der Waals surface area contributed by atoms with Crippen molar-refractivity contribution in [3.8, 4) is 11.3 Å². The standard InChI is InChI=1S/C19H19ClN4OS/c1-4-5-13-6-8-14(9-7-13)16-11(2)26-19(23-16)24-18(25)17-15(20)10-21-12(3)22-17/h6-10H,4-5H2,1-3H3,(H,23,24,25). The molecule has 26 heavy (non-hydrogen) atoms. The van der Waals surface area contributed by atoms with Crippen LogP contribution in [0.5, 0.6) is 0 Å². The second-order valence-corrected chi connectivity index (χ2v) is 7.55. The Morgan fingerprint density at radius 1 is 1.19 bits per heavy atom. The lowest BCUT2D eigenvalue weighted by molar-refractivity contribution is 0.102. The molecule has 2 aromatic heterocycles. The molecule has 0 saturated carbocycles. The number of aromatic nitrogens is 3. The number of carbonyl (C=O) groups is 1. The van der Waals surface area contributed by atoms with Gasteiger partial charge < -0.3 is 0 Å². The third-order valence-corrected chi connectivity index (χ3v) is 5.03. The van der Waals surface area contributed by atoms with Crippen molar-refractivity contribution < 1.29 is 4.79 Å². The summed E-state index contributed by atoms with van der Waals surface area (Å²) in [5.41, 5.74) is 3.37. The first kappa shape index (κ1) is 18.5. The first-order chi connectivity index (χ1) is 12.5. The van der Waals surface area contributed by atoms with E-state index < -0.39 is 0 Å². The fourth-order valence-electron chi connectivity index (χ4n) is 2.61. The number of rotatable bonds is 5. The molecule has 5 nitrogen and oxygen atoms in total. The van der Waals surface area contributed by atoms with E-state index in [9.17, 15) is 4.79 Å². The van der Waals surface area contributed by atoms with Gasteiger partial charge in [0.05, 0.1) is 16.9 Å². The molecule has 0 unspecified atom stereocenters. The van der Waals surface area contributed by atoms with Crippen molar-refractivity contribution >= 4 is 34.0 Å². The summed E-state index contributed by atoms with van der Waals surface area (Å²) in [4.78, 5) is 26.1. The van der Waals surface area contributed by atoms with Crippen LogP contribution in [0.3, 0.4) is 0 Å². The number of anilines is 1. The lowest BCUT2D eigenvalue weighted by Crippen LogP contribution is -2.15. The lowest BCUT2D eigenvalue weighted by Gasteiger charge is -2.04. The van der Waals surface area contributed by atoms with E-state index in [1.165, 1.54) is 23.1 Å².